The second-order valence-corrected chi connectivity index (χ2v) is 6.25. The molecule has 1 aliphatic heterocycles. The van der Waals surface area contributed by atoms with Crippen LogP contribution in [0.3, 0.4) is 0 Å². The van der Waals surface area contributed by atoms with Crippen molar-refractivity contribution in [1.29, 1.82) is 0 Å². The molecule has 4 nitrogen and oxygen atoms in total. The van der Waals surface area contributed by atoms with Crippen LogP contribution in [0, 0.1) is 0 Å². The van der Waals surface area contributed by atoms with Crippen molar-refractivity contribution >= 4 is 35.1 Å². The van der Waals surface area contributed by atoms with Gasteiger partial charge in [0.15, 0.2) is 0 Å². The summed E-state index contributed by atoms with van der Waals surface area (Å²) in [6, 6.07) is 5.80. The van der Waals surface area contributed by atoms with E-state index in [0.717, 1.165) is 16.4 Å². The Morgan fingerprint density at radius 1 is 1.16 bits per heavy atom. The van der Waals surface area contributed by atoms with E-state index in [1.54, 1.807) is 0 Å². The van der Waals surface area contributed by atoms with Gasteiger partial charge in [-0.3, -0.25) is 5.10 Å². The van der Waals surface area contributed by atoms with Gasteiger partial charge in [-0.1, -0.05) is 23.7 Å². The van der Waals surface area contributed by atoms with Crippen molar-refractivity contribution in [3.05, 3.63) is 23.4 Å². The Hall–Kier alpha value is -1.04. The van der Waals surface area contributed by atoms with Gasteiger partial charge in [-0.15, -0.1) is 0 Å². The minimum atomic E-state index is -0.427. The number of benzene rings is 1. The number of H-pyrrole nitrogens is 1. The first-order chi connectivity index (χ1) is 8.82. The van der Waals surface area contributed by atoms with E-state index >= 15 is 0 Å². The summed E-state index contributed by atoms with van der Waals surface area (Å²) in [6.07, 6.45) is 0. The number of fused-ring (bicyclic) bond motifs is 1. The van der Waals surface area contributed by atoms with Crippen molar-refractivity contribution in [2.75, 3.05) is 0 Å². The molecular formula is C13H16BClN2O2. The minimum absolute atomic E-state index is 0.365. The number of nitrogens with zero attached hydrogens (tertiary/aromatic N) is 1. The molecule has 100 valence electrons. The van der Waals surface area contributed by atoms with Gasteiger partial charge in [0.1, 0.15) is 5.15 Å². The second-order valence-electron chi connectivity index (χ2n) is 5.87. The second kappa shape index (κ2) is 3.98. The quantitative estimate of drug-likeness (QED) is 0.815. The fourth-order valence-electron chi connectivity index (χ4n) is 2.22. The van der Waals surface area contributed by atoms with E-state index in [1.807, 2.05) is 45.9 Å². The molecule has 1 aromatic heterocycles. The predicted molar refractivity (Wildman–Crippen MR) is 76.8 cm³/mol. The van der Waals surface area contributed by atoms with Crippen LogP contribution in [-0.2, 0) is 9.31 Å². The number of hydrogen-bond acceptors (Lipinski definition) is 3. The Morgan fingerprint density at radius 3 is 2.42 bits per heavy atom. The highest BCUT2D eigenvalue weighted by Gasteiger charge is 2.52. The average molecular weight is 279 g/mol. The van der Waals surface area contributed by atoms with Gasteiger partial charge in [0.2, 0.25) is 0 Å². The Labute approximate surface area is 117 Å². The number of aromatic nitrogens is 2. The highest BCUT2D eigenvalue weighted by Crippen LogP contribution is 2.37. The molecule has 0 atom stereocenters. The molecule has 0 amide bonds. The van der Waals surface area contributed by atoms with E-state index in [9.17, 15) is 0 Å². The van der Waals surface area contributed by atoms with Crippen molar-refractivity contribution in [3.63, 3.8) is 0 Å². The zero-order valence-electron chi connectivity index (χ0n) is 11.5. The van der Waals surface area contributed by atoms with E-state index in [-0.39, 0.29) is 11.2 Å². The van der Waals surface area contributed by atoms with Crippen molar-refractivity contribution in [1.82, 2.24) is 10.2 Å². The summed E-state index contributed by atoms with van der Waals surface area (Å²) >= 11 is 6.17. The molecule has 1 aliphatic rings. The molecule has 0 bridgehead atoms. The summed E-state index contributed by atoms with van der Waals surface area (Å²) in [7, 11) is -0.427. The monoisotopic (exact) mass is 278 g/mol. The molecule has 0 spiro atoms. The maximum absolute atomic E-state index is 6.17. The SMILES string of the molecule is CC1(C)OB(c2cccc3n[nH]c(Cl)c23)OC1(C)C. The number of aromatic amines is 1. The van der Waals surface area contributed by atoms with Crippen molar-refractivity contribution in [2.45, 2.75) is 38.9 Å². The molecule has 0 radical (unpaired) electrons. The van der Waals surface area contributed by atoms with Crippen molar-refractivity contribution in [3.8, 4) is 0 Å². The largest absolute Gasteiger partial charge is 0.495 e. The average Bonchev–Trinajstić information content (AvgIpc) is 2.78. The zero-order chi connectivity index (χ0) is 13.8. The molecule has 1 N–H and O–H groups in total. The zero-order valence-corrected chi connectivity index (χ0v) is 12.2. The lowest BCUT2D eigenvalue weighted by Gasteiger charge is -2.32. The highest BCUT2D eigenvalue weighted by atomic mass is 35.5. The van der Waals surface area contributed by atoms with E-state index < -0.39 is 7.12 Å². The summed E-state index contributed by atoms with van der Waals surface area (Å²) in [4.78, 5) is 0. The predicted octanol–water partition coefficient (Wildman–Crippen LogP) is 2.52. The Balaban J connectivity index is 2.10. The third-order valence-electron chi connectivity index (χ3n) is 4.08. The summed E-state index contributed by atoms with van der Waals surface area (Å²) in [6.45, 7) is 8.13. The van der Waals surface area contributed by atoms with Crippen LogP contribution in [0.1, 0.15) is 27.7 Å². The molecule has 1 fully saturated rings. The highest BCUT2D eigenvalue weighted by molar-refractivity contribution is 6.66. The molecular weight excluding hydrogens is 262 g/mol. The lowest BCUT2D eigenvalue weighted by Crippen LogP contribution is -2.41. The van der Waals surface area contributed by atoms with Gasteiger partial charge in [-0.05, 0) is 39.2 Å². The topological polar surface area (TPSA) is 47.1 Å². The van der Waals surface area contributed by atoms with Crippen molar-refractivity contribution < 1.29 is 9.31 Å². The van der Waals surface area contributed by atoms with Crippen LogP contribution in [0.25, 0.3) is 10.9 Å². The number of hydrogen-bond donors (Lipinski definition) is 1. The summed E-state index contributed by atoms with van der Waals surface area (Å²) in [5.41, 5.74) is 0.999. The molecule has 6 heteroatoms. The van der Waals surface area contributed by atoms with Crippen LogP contribution < -0.4 is 5.46 Å². The van der Waals surface area contributed by atoms with Crippen LogP contribution in [0.15, 0.2) is 18.2 Å². The molecule has 0 unspecified atom stereocenters. The lowest BCUT2D eigenvalue weighted by atomic mass is 9.77. The van der Waals surface area contributed by atoms with Crippen LogP contribution in [0.4, 0.5) is 0 Å². The van der Waals surface area contributed by atoms with E-state index in [1.165, 1.54) is 0 Å². The first-order valence-electron chi connectivity index (χ1n) is 6.30. The number of halogens is 1. The Kier molecular flexibility index (Phi) is 2.72. The lowest BCUT2D eigenvalue weighted by molar-refractivity contribution is 0.00578. The fraction of sp³-hybridized carbons (Fsp3) is 0.462. The Bertz CT molecular complexity index is 623. The standard InChI is InChI=1S/C13H16BClN2O2/c1-12(2)13(3,4)19-14(18-12)8-6-5-7-9-10(8)11(15)17-16-9/h5-7H,1-4H3,(H,16,17). The van der Waals surface area contributed by atoms with Gasteiger partial charge < -0.3 is 9.31 Å². The van der Waals surface area contributed by atoms with Gasteiger partial charge in [0.05, 0.1) is 16.7 Å². The van der Waals surface area contributed by atoms with Gasteiger partial charge in [0.25, 0.3) is 0 Å². The molecule has 19 heavy (non-hydrogen) atoms. The normalized spacial score (nSPS) is 21.2. The molecule has 3 rings (SSSR count). The minimum Gasteiger partial charge on any atom is -0.399 e. The summed E-state index contributed by atoms with van der Waals surface area (Å²) in [5, 5.41) is 8.32. The van der Waals surface area contributed by atoms with E-state index in [0.29, 0.717) is 5.15 Å². The maximum atomic E-state index is 6.17. The smallest absolute Gasteiger partial charge is 0.399 e. The molecule has 0 aliphatic carbocycles. The number of nitrogens with one attached hydrogen (secondary N) is 1. The van der Waals surface area contributed by atoms with Crippen LogP contribution >= 0.6 is 11.6 Å². The first-order valence-corrected chi connectivity index (χ1v) is 6.68. The van der Waals surface area contributed by atoms with E-state index in [4.69, 9.17) is 20.9 Å². The summed E-state index contributed by atoms with van der Waals surface area (Å²) < 4.78 is 12.1. The maximum Gasteiger partial charge on any atom is 0.495 e. The first kappa shape index (κ1) is 13.0. The van der Waals surface area contributed by atoms with E-state index in [2.05, 4.69) is 10.2 Å². The third-order valence-corrected chi connectivity index (χ3v) is 4.35. The van der Waals surface area contributed by atoms with Gasteiger partial charge in [-0.2, -0.15) is 5.10 Å². The van der Waals surface area contributed by atoms with Gasteiger partial charge >= 0.3 is 7.12 Å². The number of rotatable bonds is 1. The molecule has 1 aromatic carbocycles. The van der Waals surface area contributed by atoms with Crippen LogP contribution in [-0.4, -0.2) is 28.5 Å². The van der Waals surface area contributed by atoms with Crippen molar-refractivity contribution in [2.24, 2.45) is 0 Å². The van der Waals surface area contributed by atoms with Gasteiger partial charge in [-0.25, -0.2) is 0 Å². The molecule has 1 saturated heterocycles. The Morgan fingerprint density at radius 2 is 1.79 bits per heavy atom. The summed E-state index contributed by atoms with van der Waals surface area (Å²) in [5.74, 6) is 0. The van der Waals surface area contributed by atoms with Crippen LogP contribution in [0.5, 0.6) is 0 Å². The molecule has 0 saturated carbocycles. The van der Waals surface area contributed by atoms with Gasteiger partial charge in [0, 0.05) is 5.39 Å². The fourth-order valence-corrected chi connectivity index (χ4v) is 2.47. The van der Waals surface area contributed by atoms with Crippen LogP contribution in [0.2, 0.25) is 5.15 Å². The molecule has 2 aromatic rings. The third kappa shape index (κ3) is 1.88. The molecule has 2 heterocycles.